The molecule has 1 atom stereocenters. The maximum absolute atomic E-state index is 13.3. The summed E-state index contributed by atoms with van der Waals surface area (Å²) in [5.41, 5.74) is 2.90. The Morgan fingerprint density at radius 1 is 1.00 bits per heavy atom. The number of anilines is 1. The molecule has 1 aliphatic rings. The number of ether oxygens (including phenoxy) is 1. The molecule has 1 amide bonds. The van der Waals surface area contributed by atoms with Gasteiger partial charge >= 0.3 is 0 Å². The standard InChI is InChI=1S/C28H29N3O2S/c32-27(31-28-29-17-18-34-28)26(21-8-3-1-2-4-9-21)22-12-15-24(16-13-22)33-19-23-14-11-20-7-5-6-10-25(20)30-23/h5-7,10-18,21,26H,1-4,8-9,19H2,(H,29,31,32). The zero-order valence-corrected chi connectivity index (χ0v) is 20.0. The van der Waals surface area contributed by atoms with Crippen molar-refractivity contribution in [2.45, 2.75) is 51.0 Å². The van der Waals surface area contributed by atoms with Crippen LogP contribution in [-0.2, 0) is 11.4 Å². The number of nitrogens with one attached hydrogen (secondary N) is 1. The van der Waals surface area contributed by atoms with Gasteiger partial charge in [-0.25, -0.2) is 9.97 Å². The van der Waals surface area contributed by atoms with E-state index in [9.17, 15) is 4.79 Å². The smallest absolute Gasteiger partial charge is 0.233 e. The molecule has 0 aliphatic heterocycles. The van der Waals surface area contributed by atoms with Gasteiger partial charge in [0.1, 0.15) is 12.4 Å². The summed E-state index contributed by atoms with van der Waals surface area (Å²) < 4.78 is 6.02. The summed E-state index contributed by atoms with van der Waals surface area (Å²) in [6.07, 6.45) is 8.78. The molecular formula is C28H29N3O2S. The van der Waals surface area contributed by atoms with Crippen molar-refractivity contribution in [1.29, 1.82) is 0 Å². The van der Waals surface area contributed by atoms with E-state index in [1.54, 1.807) is 6.20 Å². The predicted molar refractivity (Wildman–Crippen MR) is 137 cm³/mol. The van der Waals surface area contributed by atoms with Crippen molar-refractivity contribution < 1.29 is 9.53 Å². The Morgan fingerprint density at radius 2 is 1.79 bits per heavy atom. The molecule has 5 rings (SSSR count). The van der Waals surface area contributed by atoms with Gasteiger partial charge < -0.3 is 10.1 Å². The van der Waals surface area contributed by atoms with Gasteiger partial charge in [0.25, 0.3) is 0 Å². The Hall–Kier alpha value is -3.25. The monoisotopic (exact) mass is 471 g/mol. The molecule has 1 fully saturated rings. The number of para-hydroxylation sites is 1. The first-order chi connectivity index (χ1) is 16.8. The topological polar surface area (TPSA) is 64.1 Å². The second-order valence-electron chi connectivity index (χ2n) is 8.91. The van der Waals surface area contributed by atoms with Crippen LogP contribution in [0, 0.1) is 5.92 Å². The molecule has 0 bridgehead atoms. The lowest BCUT2D eigenvalue weighted by atomic mass is 9.80. The van der Waals surface area contributed by atoms with E-state index in [-0.39, 0.29) is 11.8 Å². The van der Waals surface area contributed by atoms with Crippen LogP contribution < -0.4 is 10.1 Å². The first kappa shape index (κ1) is 22.5. The van der Waals surface area contributed by atoms with Crippen LogP contribution in [0.2, 0.25) is 0 Å². The Bertz CT molecular complexity index is 1220. The number of benzene rings is 2. The number of fused-ring (bicyclic) bond motifs is 1. The summed E-state index contributed by atoms with van der Waals surface area (Å²) in [6, 6.07) is 20.2. The van der Waals surface area contributed by atoms with Crippen LogP contribution in [0.15, 0.2) is 72.2 Å². The molecule has 2 heterocycles. The molecule has 2 aromatic heterocycles. The van der Waals surface area contributed by atoms with Crippen molar-refractivity contribution in [3.05, 3.63) is 83.5 Å². The predicted octanol–water partition coefficient (Wildman–Crippen LogP) is 6.96. The molecule has 1 saturated carbocycles. The molecular weight excluding hydrogens is 442 g/mol. The zero-order valence-electron chi connectivity index (χ0n) is 19.2. The highest BCUT2D eigenvalue weighted by Crippen LogP contribution is 2.37. The number of carbonyl (C=O) groups excluding carboxylic acids is 1. The lowest BCUT2D eigenvalue weighted by Gasteiger charge is -2.25. The number of hydrogen-bond acceptors (Lipinski definition) is 5. The second kappa shape index (κ2) is 10.8. The minimum absolute atomic E-state index is 0.0379. The van der Waals surface area contributed by atoms with E-state index in [4.69, 9.17) is 4.74 Å². The summed E-state index contributed by atoms with van der Waals surface area (Å²) in [6.45, 7) is 0.404. The third-order valence-electron chi connectivity index (χ3n) is 6.60. The fraction of sp³-hybridized carbons (Fsp3) is 0.321. The highest BCUT2D eigenvalue weighted by atomic mass is 32.1. The molecule has 5 nitrogen and oxygen atoms in total. The van der Waals surface area contributed by atoms with Gasteiger partial charge in [-0.2, -0.15) is 0 Å². The van der Waals surface area contributed by atoms with Gasteiger partial charge in [-0.1, -0.05) is 62.1 Å². The van der Waals surface area contributed by atoms with E-state index in [1.807, 2.05) is 53.9 Å². The van der Waals surface area contributed by atoms with Gasteiger partial charge in [0.15, 0.2) is 5.13 Å². The maximum Gasteiger partial charge on any atom is 0.233 e. The highest BCUT2D eigenvalue weighted by molar-refractivity contribution is 7.13. The molecule has 1 unspecified atom stereocenters. The Morgan fingerprint density at radius 3 is 2.56 bits per heavy atom. The molecule has 0 saturated heterocycles. The molecule has 34 heavy (non-hydrogen) atoms. The van der Waals surface area contributed by atoms with Gasteiger partial charge in [-0.3, -0.25) is 4.79 Å². The van der Waals surface area contributed by atoms with Gasteiger partial charge in [-0.15, -0.1) is 11.3 Å². The lowest BCUT2D eigenvalue weighted by molar-refractivity contribution is -0.118. The number of aromatic nitrogens is 2. The molecule has 0 radical (unpaired) electrons. The number of rotatable bonds is 7. The highest BCUT2D eigenvalue weighted by Gasteiger charge is 2.30. The summed E-state index contributed by atoms with van der Waals surface area (Å²) in [5.74, 6) is 0.976. The third kappa shape index (κ3) is 5.45. The number of pyridine rings is 1. The second-order valence-corrected chi connectivity index (χ2v) is 9.80. The first-order valence-electron chi connectivity index (χ1n) is 12.0. The fourth-order valence-electron chi connectivity index (χ4n) is 4.87. The van der Waals surface area contributed by atoms with E-state index in [0.717, 1.165) is 40.8 Å². The van der Waals surface area contributed by atoms with E-state index in [2.05, 4.69) is 27.4 Å². The minimum atomic E-state index is -0.182. The average molecular weight is 472 g/mol. The van der Waals surface area contributed by atoms with Gasteiger partial charge in [0.05, 0.1) is 17.1 Å². The maximum atomic E-state index is 13.3. The molecule has 174 valence electrons. The van der Waals surface area contributed by atoms with E-state index < -0.39 is 0 Å². The van der Waals surface area contributed by atoms with Gasteiger partial charge in [0.2, 0.25) is 5.91 Å². The fourth-order valence-corrected chi connectivity index (χ4v) is 5.40. The van der Waals surface area contributed by atoms with Crippen molar-refractivity contribution in [2.75, 3.05) is 5.32 Å². The van der Waals surface area contributed by atoms with Crippen LogP contribution in [0.4, 0.5) is 5.13 Å². The van der Waals surface area contributed by atoms with Crippen LogP contribution in [0.5, 0.6) is 5.75 Å². The average Bonchev–Trinajstić information content (AvgIpc) is 3.24. The van der Waals surface area contributed by atoms with Crippen LogP contribution in [-0.4, -0.2) is 15.9 Å². The van der Waals surface area contributed by atoms with Crippen LogP contribution in [0.1, 0.15) is 55.7 Å². The SMILES string of the molecule is O=C(Nc1nccs1)C(c1ccc(OCc2ccc3ccccc3n2)cc1)C1CCCCCC1. The van der Waals surface area contributed by atoms with Crippen molar-refractivity contribution in [1.82, 2.24) is 9.97 Å². The Kier molecular flexibility index (Phi) is 7.15. The number of nitrogens with zero attached hydrogens (tertiary/aromatic N) is 2. The summed E-state index contributed by atoms with van der Waals surface area (Å²) in [7, 11) is 0. The van der Waals surface area contributed by atoms with Crippen molar-refractivity contribution >= 4 is 33.3 Å². The quantitative estimate of drug-likeness (QED) is 0.296. The summed E-state index contributed by atoms with van der Waals surface area (Å²) in [5, 5.41) is 6.70. The Labute approximate surface area is 204 Å². The van der Waals surface area contributed by atoms with E-state index in [1.165, 1.54) is 37.0 Å². The normalized spacial score (nSPS) is 15.5. The third-order valence-corrected chi connectivity index (χ3v) is 7.29. The molecule has 4 aromatic rings. The molecule has 6 heteroatoms. The first-order valence-corrected chi connectivity index (χ1v) is 12.9. The number of carbonyl (C=O) groups is 1. The van der Waals surface area contributed by atoms with Crippen molar-refractivity contribution in [2.24, 2.45) is 5.92 Å². The Balaban J connectivity index is 1.30. The molecule has 2 aromatic carbocycles. The molecule has 0 spiro atoms. The number of amides is 1. The van der Waals surface area contributed by atoms with Crippen LogP contribution in [0.3, 0.4) is 0 Å². The minimum Gasteiger partial charge on any atom is -0.487 e. The van der Waals surface area contributed by atoms with E-state index in [0.29, 0.717) is 17.7 Å². The van der Waals surface area contributed by atoms with Crippen LogP contribution >= 0.6 is 11.3 Å². The van der Waals surface area contributed by atoms with Gasteiger partial charge in [0, 0.05) is 17.0 Å². The lowest BCUT2D eigenvalue weighted by Crippen LogP contribution is -2.27. The largest absolute Gasteiger partial charge is 0.487 e. The van der Waals surface area contributed by atoms with Crippen molar-refractivity contribution in [3.63, 3.8) is 0 Å². The molecule has 1 aliphatic carbocycles. The summed E-state index contributed by atoms with van der Waals surface area (Å²) in [4.78, 5) is 22.3. The van der Waals surface area contributed by atoms with Crippen molar-refractivity contribution in [3.8, 4) is 5.75 Å². The van der Waals surface area contributed by atoms with Crippen LogP contribution in [0.25, 0.3) is 10.9 Å². The van der Waals surface area contributed by atoms with E-state index >= 15 is 0 Å². The van der Waals surface area contributed by atoms with Gasteiger partial charge in [-0.05, 0) is 48.6 Å². The zero-order chi connectivity index (χ0) is 23.2. The number of hydrogen-bond donors (Lipinski definition) is 1. The number of thiazole rings is 1. The molecule has 1 N–H and O–H groups in total. The summed E-state index contributed by atoms with van der Waals surface area (Å²) >= 11 is 1.45.